The van der Waals surface area contributed by atoms with Gasteiger partial charge in [0.25, 0.3) is 0 Å². The summed E-state index contributed by atoms with van der Waals surface area (Å²) < 4.78 is 8.05. The van der Waals surface area contributed by atoms with E-state index in [9.17, 15) is 4.79 Å². The summed E-state index contributed by atoms with van der Waals surface area (Å²) in [5.74, 6) is 1.58. The summed E-state index contributed by atoms with van der Waals surface area (Å²) in [6, 6.07) is 10.1. The number of benzene rings is 1. The van der Waals surface area contributed by atoms with Crippen LogP contribution in [0.3, 0.4) is 0 Å². The Kier molecular flexibility index (Phi) is 6.72. The molecule has 39 heavy (non-hydrogen) atoms. The van der Waals surface area contributed by atoms with Gasteiger partial charge in [0, 0.05) is 50.0 Å². The van der Waals surface area contributed by atoms with Gasteiger partial charge in [0.05, 0.1) is 5.39 Å². The maximum Gasteiger partial charge on any atom is 0.321 e. The highest BCUT2D eigenvalue weighted by molar-refractivity contribution is 6.02. The van der Waals surface area contributed by atoms with Gasteiger partial charge in [-0.1, -0.05) is 12.1 Å². The molecule has 1 saturated carbocycles. The Balaban J connectivity index is 1.29. The maximum absolute atomic E-state index is 10.7. The van der Waals surface area contributed by atoms with Gasteiger partial charge < -0.3 is 19.9 Å². The molecule has 1 spiro atoms. The predicted molar refractivity (Wildman–Crippen MR) is 150 cm³/mol. The summed E-state index contributed by atoms with van der Waals surface area (Å²) >= 11 is 0. The van der Waals surface area contributed by atoms with Crippen LogP contribution >= 0.6 is 0 Å². The van der Waals surface area contributed by atoms with E-state index >= 15 is 0 Å². The Hall–Kier alpha value is -4.27. The summed E-state index contributed by atoms with van der Waals surface area (Å²) in [6.07, 6.45) is 16.3. The molecule has 1 aliphatic heterocycles. The van der Waals surface area contributed by atoms with Crippen molar-refractivity contribution < 1.29 is 9.53 Å². The minimum Gasteiger partial charge on any atom is -0.424 e. The molecule has 0 radical (unpaired) electrons. The lowest BCUT2D eigenvalue weighted by atomic mass is 9.64. The van der Waals surface area contributed by atoms with Gasteiger partial charge in [0.15, 0.2) is 0 Å². The van der Waals surface area contributed by atoms with E-state index in [1.54, 1.807) is 30.9 Å². The fourth-order valence-electron chi connectivity index (χ4n) is 6.50. The normalized spacial score (nSPS) is 17.7. The van der Waals surface area contributed by atoms with E-state index in [4.69, 9.17) is 10.5 Å². The van der Waals surface area contributed by atoms with Crippen LogP contribution in [0.5, 0.6) is 11.8 Å². The summed E-state index contributed by atoms with van der Waals surface area (Å²) in [6.45, 7) is 2.03. The number of hydrogen-bond donors (Lipinski definition) is 1. The Labute approximate surface area is 227 Å². The minimum absolute atomic E-state index is 0.315. The van der Waals surface area contributed by atoms with Crippen LogP contribution in [0.1, 0.15) is 50.1 Å². The number of aromatic nitrogens is 5. The SMILES string of the molecule is Cn1c(C2CCC3(CC2)CCN(C=CC=O)CC3)c(-c2ccc(Oc3ncccn3)cc2)c2c(N)ncnc21. The van der Waals surface area contributed by atoms with Crippen molar-refractivity contribution in [2.75, 3.05) is 18.8 Å². The van der Waals surface area contributed by atoms with Crippen LogP contribution in [0.15, 0.2) is 61.3 Å². The number of hydrogen-bond acceptors (Lipinski definition) is 8. The van der Waals surface area contributed by atoms with E-state index in [-0.39, 0.29) is 0 Å². The summed E-state index contributed by atoms with van der Waals surface area (Å²) in [5, 5.41) is 0.908. The van der Waals surface area contributed by atoms with E-state index in [0.717, 1.165) is 54.4 Å². The minimum atomic E-state index is 0.315. The second-order valence-corrected chi connectivity index (χ2v) is 10.7. The number of fused-ring (bicyclic) bond motifs is 1. The van der Waals surface area contributed by atoms with Crippen molar-refractivity contribution in [1.82, 2.24) is 29.4 Å². The van der Waals surface area contributed by atoms with Crippen LogP contribution in [0.4, 0.5) is 5.82 Å². The molecule has 6 rings (SSSR count). The molecule has 9 nitrogen and oxygen atoms in total. The zero-order valence-electron chi connectivity index (χ0n) is 22.2. The van der Waals surface area contributed by atoms with Crippen molar-refractivity contribution in [3.63, 3.8) is 0 Å². The molecule has 9 heteroatoms. The van der Waals surface area contributed by atoms with E-state index in [1.165, 1.54) is 31.4 Å². The van der Waals surface area contributed by atoms with E-state index < -0.39 is 0 Å². The van der Waals surface area contributed by atoms with Gasteiger partial charge in [-0.25, -0.2) is 19.9 Å². The largest absolute Gasteiger partial charge is 0.424 e. The molecule has 0 amide bonds. The summed E-state index contributed by atoms with van der Waals surface area (Å²) in [7, 11) is 2.10. The molecule has 1 aliphatic carbocycles. The third-order valence-corrected chi connectivity index (χ3v) is 8.60. The molecular weight excluding hydrogens is 490 g/mol. The smallest absolute Gasteiger partial charge is 0.321 e. The number of aldehydes is 1. The Bertz CT molecular complexity index is 1480. The first-order valence-electron chi connectivity index (χ1n) is 13.6. The Morgan fingerprint density at radius 1 is 1.00 bits per heavy atom. The maximum atomic E-state index is 10.7. The summed E-state index contributed by atoms with van der Waals surface area (Å²) in [4.78, 5) is 30.2. The molecular formula is C30H33N7O2. The predicted octanol–water partition coefficient (Wildman–Crippen LogP) is 5.25. The van der Waals surface area contributed by atoms with E-state index in [1.807, 2.05) is 18.3 Å². The number of carbonyl (C=O) groups is 1. The lowest BCUT2D eigenvalue weighted by Crippen LogP contribution is -2.39. The van der Waals surface area contributed by atoms with Gasteiger partial charge in [-0.3, -0.25) is 4.79 Å². The number of nitrogens with zero attached hydrogens (tertiary/aromatic N) is 6. The van der Waals surface area contributed by atoms with E-state index in [2.05, 4.69) is 48.6 Å². The molecule has 2 aliphatic rings. The average molecular weight is 524 g/mol. The third kappa shape index (κ3) is 4.84. The van der Waals surface area contributed by atoms with Crippen LogP contribution in [0.2, 0.25) is 0 Å². The van der Waals surface area contributed by atoms with Crippen LogP contribution in [-0.2, 0) is 11.8 Å². The quantitative estimate of drug-likeness (QED) is 0.269. The van der Waals surface area contributed by atoms with Crippen LogP contribution in [0.25, 0.3) is 22.2 Å². The molecule has 200 valence electrons. The molecule has 1 aromatic carbocycles. The van der Waals surface area contributed by atoms with Crippen molar-refractivity contribution in [1.29, 1.82) is 0 Å². The monoisotopic (exact) mass is 523 g/mol. The second-order valence-electron chi connectivity index (χ2n) is 10.7. The zero-order chi connectivity index (χ0) is 26.8. The van der Waals surface area contributed by atoms with Crippen LogP contribution in [-0.4, -0.2) is 48.8 Å². The van der Waals surface area contributed by atoms with Gasteiger partial charge in [0.2, 0.25) is 0 Å². The first kappa shape index (κ1) is 25.0. The number of nitrogens with two attached hydrogens (primary N) is 1. The Morgan fingerprint density at radius 2 is 1.72 bits per heavy atom. The van der Waals surface area contributed by atoms with Crippen LogP contribution in [0, 0.1) is 5.41 Å². The number of likely N-dealkylation sites (tertiary alicyclic amines) is 1. The van der Waals surface area contributed by atoms with Gasteiger partial charge in [-0.05, 0) is 79.7 Å². The first-order chi connectivity index (χ1) is 19.1. The molecule has 1 saturated heterocycles. The lowest BCUT2D eigenvalue weighted by Gasteiger charge is -2.46. The number of ether oxygens (including phenoxy) is 1. The molecule has 3 aromatic heterocycles. The van der Waals surface area contributed by atoms with Gasteiger partial charge >= 0.3 is 6.01 Å². The number of piperidine rings is 1. The summed E-state index contributed by atoms with van der Waals surface area (Å²) in [5.41, 5.74) is 11.2. The molecule has 4 aromatic rings. The number of nitrogen functional groups attached to an aromatic ring is 1. The van der Waals surface area contributed by atoms with Gasteiger partial charge in [0.1, 0.15) is 29.8 Å². The molecule has 4 heterocycles. The number of carbonyl (C=O) groups excluding carboxylic acids is 1. The number of anilines is 1. The molecule has 0 bridgehead atoms. The highest BCUT2D eigenvalue weighted by Crippen LogP contribution is 2.51. The zero-order valence-corrected chi connectivity index (χ0v) is 22.2. The molecule has 0 atom stereocenters. The van der Waals surface area contributed by atoms with E-state index in [0.29, 0.717) is 28.9 Å². The second kappa shape index (κ2) is 10.5. The lowest BCUT2D eigenvalue weighted by molar-refractivity contribution is -0.104. The average Bonchev–Trinajstić information content (AvgIpc) is 3.27. The van der Waals surface area contributed by atoms with Crippen molar-refractivity contribution >= 4 is 23.1 Å². The van der Waals surface area contributed by atoms with Crippen molar-refractivity contribution in [2.45, 2.75) is 44.4 Å². The highest BCUT2D eigenvalue weighted by atomic mass is 16.5. The van der Waals surface area contributed by atoms with Gasteiger partial charge in [-0.2, -0.15) is 0 Å². The fraction of sp³-hybridized carbons (Fsp3) is 0.367. The molecule has 2 N–H and O–H groups in total. The number of allylic oxidation sites excluding steroid dienone is 1. The Morgan fingerprint density at radius 3 is 2.41 bits per heavy atom. The standard InChI is InChI=1S/C30H33N7O2/c1-36-26(22-8-10-30(11-9-22)12-17-37(18-13-30)16-3-19-38)24(25-27(31)34-20-35-28(25)36)21-4-6-23(7-5-21)39-29-32-14-2-15-33-29/h2-7,14-16,19-20,22H,8-13,17-18H2,1H3,(H2,31,34,35). The van der Waals surface area contributed by atoms with Crippen molar-refractivity contribution in [3.05, 3.63) is 67.0 Å². The number of aryl methyl sites for hydroxylation is 1. The van der Waals surface area contributed by atoms with Crippen molar-refractivity contribution in [3.8, 4) is 22.9 Å². The highest BCUT2D eigenvalue weighted by Gasteiger charge is 2.39. The fourth-order valence-corrected chi connectivity index (χ4v) is 6.50. The van der Waals surface area contributed by atoms with Crippen LogP contribution < -0.4 is 10.5 Å². The topological polar surface area (TPSA) is 112 Å². The van der Waals surface area contributed by atoms with Crippen molar-refractivity contribution in [2.24, 2.45) is 12.5 Å². The molecule has 0 unspecified atom stereocenters. The first-order valence-corrected chi connectivity index (χ1v) is 13.6. The number of rotatable bonds is 6. The third-order valence-electron chi connectivity index (χ3n) is 8.60. The molecule has 2 fully saturated rings. The van der Waals surface area contributed by atoms with Gasteiger partial charge in [-0.15, -0.1) is 0 Å².